The quantitative estimate of drug-likeness (QED) is 0.724. The summed E-state index contributed by atoms with van der Waals surface area (Å²) in [6, 6.07) is 9.70. The maximum Gasteiger partial charge on any atom is 0.144 e. The van der Waals surface area contributed by atoms with Gasteiger partial charge in [-0.3, -0.25) is 9.79 Å². The number of Topliss-reactive ketones (excluding diaryl/α,β-unsaturated/α-hetero) is 1. The van der Waals surface area contributed by atoms with Crippen LogP contribution >= 0.6 is 0 Å². The molecule has 4 rings (SSSR count). The molecule has 2 atom stereocenters. The number of ketones is 1. The second-order valence-electron chi connectivity index (χ2n) is 9.25. The number of rotatable bonds is 3. The van der Waals surface area contributed by atoms with Crippen LogP contribution in [0, 0.1) is 25.2 Å². The number of ether oxygens (including phenoxy) is 2. The van der Waals surface area contributed by atoms with E-state index in [9.17, 15) is 4.79 Å². The summed E-state index contributed by atoms with van der Waals surface area (Å²) in [7, 11) is 3.30. The fourth-order valence-electron chi connectivity index (χ4n) is 4.67. The number of fused-ring (bicyclic) bond motifs is 2. The maximum atomic E-state index is 13.4. The van der Waals surface area contributed by atoms with Gasteiger partial charge in [-0.25, -0.2) is 0 Å². The molecular formula is C25H30N2O3. The summed E-state index contributed by atoms with van der Waals surface area (Å²) in [5.41, 5.74) is 5.98. The largest absolute Gasteiger partial charge is 0.497 e. The minimum atomic E-state index is -0.341. The summed E-state index contributed by atoms with van der Waals surface area (Å²) >= 11 is 0. The van der Waals surface area contributed by atoms with Crippen molar-refractivity contribution in [3.63, 3.8) is 0 Å². The summed E-state index contributed by atoms with van der Waals surface area (Å²) in [6.07, 6.45) is 1.33. The Morgan fingerprint density at radius 2 is 1.77 bits per heavy atom. The highest BCUT2D eigenvalue weighted by molar-refractivity contribution is 6.10. The SMILES string of the molecule is COc1ccc(OC)c([C@H]2Nc3cc(C)c(C)cc3N=C3CC(C)(C)CC(=O)C32)c1. The van der Waals surface area contributed by atoms with E-state index in [4.69, 9.17) is 14.5 Å². The lowest BCUT2D eigenvalue weighted by Crippen LogP contribution is -2.42. The van der Waals surface area contributed by atoms with Crippen LogP contribution in [0.1, 0.15) is 49.4 Å². The normalized spacial score (nSPS) is 22.2. The predicted octanol–water partition coefficient (Wildman–Crippen LogP) is 5.57. The van der Waals surface area contributed by atoms with E-state index in [0.29, 0.717) is 6.42 Å². The van der Waals surface area contributed by atoms with Crippen molar-refractivity contribution in [2.45, 2.75) is 46.6 Å². The zero-order valence-electron chi connectivity index (χ0n) is 18.6. The number of nitrogens with one attached hydrogen (secondary N) is 1. The lowest BCUT2D eigenvalue weighted by molar-refractivity contribution is -0.124. The Hall–Kier alpha value is -2.82. The molecule has 2 aliphatic rings. The number of benzene rings is 2. The van der Waals surface area contributed by atoms with Crippen LogP contribution in [-0.4, -0.2) is 25.7 Å². The highest BCUT2D eigenvalue weighted by atomic mass is 16.5. The second kappa shape index (κ2) is 7.46. The molecule has 0 amide bonds. The molecule has 30 heavy (non-hydrogen) atoms. The third-order valence-electron chi connectivity index (χ3n) is 6.31. The first-order valence-corrected chi connectivity index (χ1v) is 10.4. The molecule has 0 radical (unpaired) electrons. The molecule has 0 spiro atoms. The number of hydrogen-bond donors (Lipinski definition) is 1. The summed E-state index contributed by atoms with van der Waals surface area (Å²) in [5, 5.41) is 3.66. The fourth-order valence-corrected chi connectivity index (χ4v) is 4.67. The molecule has 0 bridgehead atoms. The molecule has 1 fully saturated rings. The van der Waals surface area contributed by atoms with Gasteiger partial charge in [-0.15, -0.1) is 0 Å². The zero-order chi connectivity index (χ0) is 21.6. The standard InChI is InChI=1S/C25H30N2O3/c1-14-9-18-19(10-15(14)2)27-24(17-11-16(29-5)7-8-22(17)30-6)23-20(26-18)12-25(3,4)13-21(23)28/h7-11,23-24,27H,12-13H2,1-6H3/t23?,24-/m1/s1. The van der Waals surface area contributed by atoms with Crippen LogP contribution in [0.3, 0.4) is 0 Å². The average molecular weight is 407 g/mol. The Balaban J connectivity index is 1.93. The van der Waals surface area contributed by atoms with E-state index in [0.717, 1.165) is 40.6 Å². The van der Waals surface area contributed by atoms with Gasteiger partial charge in [0.1, 0.15) is 17.3 Å². The summed E-state index contributed by atoms with van der Waals surface area (Å²) in [5.74, 6) is 1.34. The van der Waals surface area contributed by atoms with E-state index in [1.807, 2.05) is 18.2 Å². The van der Waals surface area contributed by atoms with Gasteiger partial charge in [0.15, 0.2) is 0 Å². The topological polar surface area (TPSA) is 59.9 Å². The number of methoxy groups -OCH3 is 2. The lowest BCUT2D eigenvalue weighted by atomic mass is 9.68. The van der Waals surface area contributed by atoms with Crippen LogP contribution in [0.4, 0.5) is 11.4 Å². The number of nitrogens with zero attached hydrogens (tertiary/aromatic N) is 1. The number of hydrogen-bond acceptors (Lipinski definition) is 5. The Kier molecular flexibility index (Phi) is 5.08. The van der Waals surface area contributed by atoms with Gasteiger partial charge in [0, 0.05) is 17.7 Å². The number of aryl methyl sites for hydroxylation is 2. The van der Waals surface area contributed by atoms with Crippen molar-refractivity contribution in [2.24, 2.45) is 16.3 Å². The molecule has 1 aliphatic heterocycles. The van der Waals surface area contributed by atoms with Crippen LogP contribution in [0.25, 0.3) is 0 Å². The van der Waals surface area contributed by atoms with E-state index in [-0.39, 0.29) is 23.2 Å². The number of carbonyl (C=O) groups is 1. The van der Waals surface area contributed by atoms with Crippen LogP contribution < -0.4 is 14.8 Å². The lowest BCUT2D eigenvalue weighted by Gasteiger charge is -2.37. The van der Waals surface area contributed by atoms with Gasteiger partial charge in [-0.1, -0.05) is 13.8 Å². The first-order chi connectivity index (χ1) is 14.2. The van der Waals surface area contributed by atoms with Gasteiger partial charge in [0.2, 0.25) is 0 Å². The highest BCUT2D eigenvalue weighted by Gasteiger charge is 2.44. The predicted molar refractivity (Wildman–Crippen MR) is 120 cm³/mol. The fraction of sp³-hybridized carbons (Fsp3) is 0.440. The van der Waals surface area contributed by atoms with E-state index in [1.54, 1.807) is 14.2 Å². The van der Waals surface area contributed by atoms with E-state index in [1.165, 1.54) is 11.1 Å². The smallest absolute Gasteiger partial charge is 0.144 e. The third kappa shape index (κ3) is 3.57. The van der Waals surface area contributed by atoms with E-state index < -0.39 is 0 Å². The van der Waals surface area contributed by atoms with Gasteiger partial charge in [-0.2, -0.15) is 0 Å². The molecule has 1 saturated carbocycles. The van der Waals surface area contributed by atoms with Crippen LogP contribution in [0.5, 0.6) is 11.5 Å². The molecule has 0 saturated heterocycles. The Morgan fingerprint density at radius 3 is 2.47 bits per heavy atom. The molecule has 158 valence electrons. The van der Waals surface area contributed by atoms with E-state index in [2.05, 4.69) is 45.1 Å². The molecular weight excluding hydrogens is 376 g/mol. The number of anilines is 1. The monoisotopic (exact) mass is 406 g/mol. The van der Waals surface area contributed by atoms with Crippen molar-refractivity contribution in [2.75, 3.05) is 19.5 Å². The van der Waals surface area contributed by atoms with Gasteiger partial charge in [0.25, 0.3) is 0 Å². The minimum absolute atomic E-state index is 0.0975. The van der Waals surface area contributed by atoms with Crippen molar-refractivity contribution in [1.82, 2.24) is 0 Å². The van der Waals surface area contributed by atoms with E-state index >= 15 is 0 Å². The number of carbonyl (C=O) groups excluding carboxylic acids is 1. The molecule has 0 aromatic heterocycles. The molecule has 1 heterocycles. The first kappa shape index (κ1) is 20.5. The van der Waals surface area contributed by atoms with Gasteiger partial charge in [0.05, 0.1) is 37.6 Å². The zero-order valence-corrected chi connectivity index (χ0v) is 18.6. The van der Waals surface area contributed by atoms with Crippen molar-refractivity contribution in [1.29, 1.82) is 0 Å². The summed E-state index contributed by atoms with van der Waals surface area (Å²) in [6.45, 7) is 8.48. The molecule has 2 aromatic rings. The first-order valence-electron chi connectivity index (χ1n) is 10.4. The molecule has 5 nitrogen and oxygen atoms in total. The maximum absolute atomic E-state index is 13.4. The number of aliphatic imine (C=N–C) groups is 1. The van der Waals surface area contributed by atoms with Crippen molar-refractivity contribution < 1.29 is 14.3 Å². The molecule has 2 aromatic carbocycles. The van der Waals surface area contributed by atoms with Crippen molar-refractivity contribution >= 4 is 22.9 Å². The Labute approximate surface area is 178 Å². The van der Waals surface area contributed by atoms with Crippen LogP contribution in [0.15, 0.2) is 35.3 Å². The highest BCUT2D eigenvalue weighted by Crippen LogP contribution is 2.47. The summed E-state index contributed by atoms with van der Waals surface area (Å²) in [4.78, 5) is 18.5. The Bertz CT molecular complexity index is 1040. The molecule has 5 heteroatoms. The van der Waals surface area contributed by atoms with Crippen molar-refractivity contribution in [3.05, 3.63) is 47.0 Å². The van der Waals surface area contributed by atoms with Gasteiger partial charge in [-0.05, 0) is 67.1 Å². The molecule has 1 N–H and O–H groups in total. The second-order valence-corrected chi connectivity index (χ2v) is 9.25. The molecule has 1 unspecified atom stereocenters. The van der Waals surface area contributed by atoms with Crippen LogP contribution in [-0.2, 0) is 4.79 Å². The van der Waals surface area contributed by atoms with Crippen LogP contribution in [0.2, 0.25) is 0 Å². The Morgan fingerprint density at radius 1 is 1.03 bits per heavy atom. The van der Waals surface area contributed by atoms with Gasteiger partial charge < -0.3 is 14.8 Å². The average Bonchev–Trinajstić information content (AvgIpc) is 2.83. The van der Waals surface area contributed by atoms with Crippen molar-refractivity contribution in [3.8, 4) is 11.5 Å². The third-order valence-corrected chi connectivity index (χ3v) is 6.31. The molecule has 1 aliphatic carbocycles. The minimum Gasteiger partial charge on any atom is -0.497 e. The summed E-state index contributed by atoms with van der Waals surface area (Å²) < 4.78 is 11.2. The van der Waals surface area contributed by atoms with Gasteiger partial charge >= 0.3 is 0 Å².